The Kier molecular flexibility index (Phi) is 2.26. The molecule has 0 unspecified atom stereocenters. The van der Waals surface area contributed by atoms with Crippen LogP contribution in [0.5, 0.6) is 0 Å². The van der Waals surface area contributed by atoms with Gasteiger partial charge < -0.3 is 5.32 Å². The van der Waals surface area contributed by atoms with Gasteiger partial charge >= 0.3 is 0 Å². The van der Waals surface area contributed by atoms with Gasteiger partial charge in [-0.1, -0.05) is 11.6 Å². The molecule has 1 aliphatic heterocycles. The van der Waals surface area contributed by atoms with E-state index in [1.165, 1.54) is 6.21 Å². The monoisotopic (exact) mass is 262 g/mol. The van der Waals surface area contributed by atoms with Crippen molar-refractivity contribution >= 4 is 39.4 Å². The van der Waals surface area contributed by atoms with Crippen LogP contribution in [0.3, 0.4) is 0 Å². The van der Waals surface area contributed by atoms with E-state index < -0.39 is 5.82 Å². The van der Waals surface area contributed by atoms with Crippen molar-refractivity contribution in [3.63, 3.8) is 0 Å². The molecule has 13 heavy (non-hydrogen) atoms. The zero-order valence-corrected chi connectivity index (χ0v) is 8.78. The standard InChI is InChI=1S/C8H5BrClFN2/c9-5-1-6-4(2-12-3-13-6)8(11)7(5)10/h1-2,13H,3H2. The maximum atomic E-state index is 13.5. The van der Waals surface area contributed by atoms with E-state index in [-0.39, 0.29) is 5.02 Å². The molecule has 1 aromatic carbocycles. The first-order valence-corrected chi connectivity index (χ1v) is 4.78. The number of anilines is 1. The molecule has 0 spiro atoms. The molecule has 2 nitrogen and oxygen atoms in total. The van der Waals surface area contributed by atoms with Crippen LogP contribution in [0.25, 0.3) is 0 Å². The summed E-state index contributed by atoms with van der Waals surface area (Å²) in [6.45, 7) is 0.473. The highest BCUT2D eigenvalue weighted by Gasteiger charge is 2.15. The Labute approximate surface area is 87.9 Å². The van der Waals surface area contributed by atoms with Crippen molar-refractivity contribution in [1.82, 2.24) is 0 Å². The molecule has 0 amide bonds. The molecule has 0 saturated heterocycles. The molecule has 1 aromatic rings. The smallest absolute Gasteiger partial charge is 0.153 e. The number of fused-ring (bicyclic) bond motifs is 1. The SMILES string of the molecule is Fc1c(Cl)c(Br)cc2c1C=NCN2. The van der Waals surface area contributed by atoms with Gasteiger partial charge in [0.25, 0.3) is 0 Å². The van der Waals surface area contributed by atoms with E-state index >= 15 is 0 Å². The van der Waals surface area contributed by atoms with Gasteiger partial charge in [-0.2, -0.15) is 0 Å². The number of rotatable bonds is 0. The van der Waals surface area contributed by atoms with Crippen LogP contribution < -0.4 is 5.32 Å². The Balaban J connectivity index is 2.69. The zero-order chi connectivity index (χ0) is 9.42. The summed E-state index contributed by atoms with van der Waals surface area (Å²) in [4.78, 5) is 3.90. The number of nitrogens with one attached hydrogen (secondary N) is 1. The Morgan fingerprint density at radius 2 is 2.38 bits per heavy atom. The van der Waals surface area contributed by atoms with E-state index in [0.717, 1.165) is 0 Å². The lowest BCUT2D eigenvalue weighted by atomic mass is 10.1. The van der Waals surface area contributed by atoms with Crippen molar-refractivity contribution in [3.05, 3.63) is 26.9 Å². The Hall–Kier alpha value is -0.610. The minimum absolute atomic E-state index is 0.0916. The first-order chi connectivity index (χ1) is 6.20. The fourth-order valence-electron chi connectivity index (χ4n) is 1.15. The molecule has 0 aromatic heterocycles. The molecular formula is C8H5BrClFN2. The van der Waals surface area contributed by atoms with E-state index in [0.29, 0.717) is 22.4 Å². The topological polar surface area (TPSA) is 24.4 Å². The van der Waals surface area contributed by atoms with Gasteiger partial charge in [-0.3, -0.25) is 4.99 Å². The first kappa shape index (κ1) is 8.97. The molecule has 1 aliphatic rings. The summed E-state index contributed by atoms with van der Waals surface area (Å²) in [6, 6.07) is 1.74. The van der Waals surface area contributed by atoms with Gasteiger partial charge in [0.2, 0.25) is 0 Å². The predicted molar refractivity (Wildman–Crippen MR) is 55.2 cm³/mol. The molecule has 0 fully saturated rings. The van der Waals surface area contributed by atoms with Crippen molar-refractivity contribution in [2.45, 2.75) is 0 Å². The third kappa shape index (κ3) is 1.44. The van der Waals surface area contributed by atoms with Crippen LogP contribution in [0.4, 0.5) is 10.1 Å². The van der Waals surface area contributed by atoms with E-state index in [2.05, 4.69) is 26.2 Å². The summed E-state index contributed by atoms with van der Waals surface area (Å²) in [5.74, 6) is -0.443. The van der Waals surface area contributed by atoms with Crippen molar-refractivity contribution in [1.29, 1.82) is 0 Å². The minimum Gasteiger partial charge on any atom is -0.366 e. The van der Waals surface area contributed by atoms with Gasteiger partial charge in [0.05, 0.1) is 10.6 Å². The van der Waals surface area contributed by atoms with Crippen molar-refractivity contribution in [3.8, 4) is 0 Å². The van der Waals surface area contributed by atoms with Crippen LogP contribution in [-0.2, 0) is 0 Å². The van der Waals surface area contributed by atoms with Gasteiger partial charge in [0.15, 0.2) is 5.82 Å². The third-order valence-corrected chi connectivity index (χ3v) is 3.00. The highest BCUT2D eigenvalue weighted by atomic mass is 79.9. The molecule has 1 N–H and O–H groups in total. The van der Waals surface area contributed by atoms with Crippen LogP contribution in [0.2, 0.25) is 5.02 Å². The summed E-state index contributed by atoms with van der Waals surface area (Å²) < 4.78 is 14.0. The molecular weight excluding hydrogens is 258 g/mol. The maximum absolute atomic E-state index is 13.5. The zero-order valence-electron chi connectivity index (χ0n) is 6.44. The molecule has 68 valence electrons. The molecule has 2 rings (SSSR count). The summed E-state index contributed by atoms with van der Waals surface area (Å²) in [6.07, 6.45) is 1.49. The average Bonchev–Trinajstić information content (AvgIpc) is 2.15. The summed E-state index contributed by atoms with van der Waals surface area (Å²) >= 11 is 8.87. The van der Waals surface area contributed by atoms with Crippen LogP contribution in [0.1, 0.15) is 5.56 Å². The van der Waals surface area contributed by atoms with Crippen molar-refractivity contribution in [2.75, 3.05) is 12.0 Å². The molecule has 0 atom stereocenters. The Bertz CT molecular complexity index is 392. The number of aliphatic imine (C=N–C) groups is 1. The second-order valence-electron chi connectivity index (χ2n) is 2.59. The predicted octanol–water partition coefficient (Wildman–Crippen LogP) is 3.04. The molecule has 0 saturated carbocycles. The first-order valence-electron chi connectivity index (χ1n) is 3.61. The van der Waals surface area contributed by atoms with Crippen LogP contribution in [0, 0.1) is 5.82 Å². The van der Waals surface area contributed by atoms with Gasteiger partial charge in [0.1, 0.15) is 6.67 Å². The Morgan fingerprint density at radius 3 is 3.15 bits per heavy atom. The van der Waals surface area contributed by atoms with Crippen molar-refractivity contribution in [2.24, 2.45) is 4.99 Å². The number of hydrogen-bond donors (Lipinski definition) is 1. The summed E-state index contributed by atoms with van der Waals surface area (Å²) in [5, 5.41) is 3.04. The number of nitrogens with zero attached hydrogens (tertiary/aromatic N) is 1. The van der Waals surface area contributed by atoms with Crippen molar-refractivity contribution < 1.29 is 4.39 Å². The summed E-state index contributed by atoms with van der Waals surface area (Å²) in [5.41, 5.74) is 1.13. The number of halogens is 3. The summed E-state index contributed by atoms with van der Waals surface area (Å²) in [7, 11) is 0. The lowest BCUT2D eigenvalue weighted by Crippen LogP contribution is -2.09. The van der Waals surface area contributed by atoms with Crippen LogP contribution in [0.15, 0.2) is 15.5 Å². The largest absolute Gasteiger partial charge is 0.366 e. The molecule has 1 heterocycles. The highest BCUT2D eigenvalue weighted by molar-refractivity contribution is 9.10. The van der Waals surface area contributed by atoms with E-state index in [1.54, 1.807) is 6.07 Å². The van der Waals surface area contributed by atoms with Gasteiger partial charge in [0, 0.05) is 16.4 Å². The normalized spacial score (nSPS) is 13.8. The maximum Gasteiger partial charge on any atom is 0.153 e. The molecule has 0 radical (unpaired) electrons. The Morgan fingerprint density at radius 1 is 1.62 bits per heavy atom. The second-order valence-corrected chi connectivity index (χ2v) is 3.83. The lowest BCUT2D eigenvalue weighted by Gasteiger charge is -2.14. The average molecular weight is 263 g/mol. The van der Waals surface area contributed by atoms with Gasteiger partial charge in [-0.25, -0.2) is 4.39 Å². The molecule has 0 bridgehead atoms. The van der Waals surface area contributed by atoms with Gasteiger partial charge in [-0.15, -0.1) is 0 Å². The van der Waals surface area contributed by atoms with E-state index in [1.807, 2.05) is 0 Å². The fourth-order valence-corrected chi connectivity index (χ4v) is 1.71. The van der Waals surface area contributed by atoms with Gasteiger partial charge in [-0.05, 0) is 22.0 Å². The van der Waals surface area contributed by atoms with E-state index in [9.17, 15) is 4.39 Å². The van der Waals surface area contributed by atoms with E-state index in [4.69, 9.17) is 11.6 Å². The fraction of sp³-hybridized carbons (Fsp3) is 0.125. The molecule has 0 aliphatic carbocycles. The minimum atomic E-state index is -0.443. The lowest BCUT2D eigenvalue weighted by molar-refractivity contribution is 0.625. The number of benzene rings is 1. The van der Waals surface area contributed by atoms with Crippen LogP contribution in [-0.4, -0.2) is 12.9 Å². The number of hydrogen-bond acceptors (Lipinski definition) is 2. The highest BCUT2D eigenvalue weighted by Crippen LogP contribution is 2.33. The second kappa shape index (κ2) is 3.27. The quantitative estimate of drug-likeness (QED) is 0.715. The third-order valence-electron chi connectivity index (χ3n) is 1.78. The van der Waals surface area contributed by atoms with Crippen LogP contribution >= 0.6 is 27.5 Å². The molecule has 5 heteroatoms.